The van der Waals surface area contributed by atoms with Crippen molar-refractivity contribution >= 4 is 52.0 Å². The number of thiophene rings is 1. The lowest BCUT2D eigenvalue weighted by atomic mass is 10.2. The van der Waals surface area contributed by atoms with E-state index in [1.807, 2.05) is 47.0 Å². The molecule has 4 rings (SSSR count). The van der Waals surface area contributed by atoms with Crippen molar-refractivity contribution in [2.24, 2.45) is 0 Å². The highest BCUT2D eigenvalue weighted by atomic mass is 35.5. The highest BCUT2D eigenvalue weighted by molar-refractivity contribution is 7.12. The Bertz CT molecular complexity index is 1100. The largest absolute Gasteiger partial charge is 0.335 e. The first kappa shape index (κ1) is 22.6. The van der Waals surface area contributed by atoms with Crippen LogP contribution in [-0.4, -0.2) is 51.7 Å². The molecule has 1 saturated heterocycles. The second kappa shape index (κ2) is 9.51. The molecule has 1 aliphatic heterocycles. The Morgan fingerprint density at radius 2 is 1.81 bits per heavy atom. The molecule has 0 bridgehead atoms. The molecule has 9 heteroatoms. The summed E-state index contributed by atoms with van der Waals surface area (Å²) in [6.45, 7) is 8.24. The lowest BCUT2D eigenvalue weighted by Crippen LogP contribution is -2.48. The van der Waals surface area contributed by atoms with Crippen LogP contribution in [-0.2, 0) is 13.1 Å². The maximum absolute atomic E-state index is 13.0. The van der Waals surface area contributed by atoms with Gasteiger partial charge in [0.15, 0.2) is 0 Å². The molecule has 0 atom stereocenters. The second-order valence-electron chi connectivity index (χ2n) is 7.77. The van der Waals surface area contributed by atoms with Crippen LogP contribution in [0.1, 0.15) is 32.2 Å². The van der Waals surface area contributed by atoms with E-state index in [9.17, 15) is 4.79 Å². The number of carbonyl (C=O) groups is 1. The monoisotopic (exact) mass is 496 g/mol. The van der Waals surface area contributed by atoms with Gasteiger partial charge in [-0.2, -0.15) is 5.10 Å². The number of aromatic nitrogens is 2. The third-order valence-corrected chi connectivity index (χ3v) is 7.66. The van der Waals surface area contributed by atoms with Gasteiger partial charge in [-0.1, -0.05) is 40.9 Å². The van der Waals surface area contributed by atoms with Crippen LogP contribution in [0.3, 0.4) is 0 Å². The fraction of sp³-hybridized carbons (Fsp3) is 0.364. The topological polar surface area (TPSA) is 41.4 Å². The number of halogens is 3. The molecular weight excluding hydrogens is 475 g/mol. The van der Waals surface area contributed by atoms with Crippen molar-refractivity contribution in [3.8, 4) is 0 Å². The normalized spacial score (nSPS) is 14.9. The van der Waals surface area contributed by atoms with E-state index < -0.39 is 0 Å². The van der Waals surface area contributed by atoms with E-state index in [1.54, 1.807) is 6.07 Å². The zero-order chi connectivity index (χ0) is 22.1. The molecule has 2 aromatic heterocycles. The predicted molar refractivity (Wildman–Crippen MR) is 128 cm³/mol. The first-order valence-corrected chi connectivity index (χ1v) is 12.1. The number of piperazine rings is 1. The van der Waals surface area contributed by atoms with Gasteiger partial charge in [0.25, 0.3) is 5.91 Å². The molecule has 0 N–H and O–H groups in total. The first-order chi connectivity index (χ1) is 14.8. The van der Waals surface area contributed by atoms with E-state index in [2.05, 4.69) is 10.00 Å². The summed E-state index contributed by atoms with van der Waals surface area (Å²) in [6.07, 6.45) is 0. The Hall–Kier alpha value is -1.57. The van der Waals surface area contributed by atoms with Gasteiger partial charge >= 0.3 is 0 Å². The summed E-state index contributed by atoms with van der Waals surface area (Å²) in [4.78, 5) is 18.0. The molecule has 5 nitrogen and oxygen atoms in total. The van der Waals surface area contributed by atoms with Gasteiger partial charge < -0.3 is 4.90 Å². The molecular formula is C22H23Cl3N4OS. The van der Waals surface area contributed by atoms with Gasteiger partial charge in [0.2, 0.25) is 0 Å². The van der Waals surface area contributed by atoms with Gasteiger partial charge in [-0.3, -0.25) is 14.4 Å². The number of aryl methyl sites for hydroxylation is 1. The molecule has 1 aromatic carbocycles. The molecule has 164 valence electrons. The summed E-state index contributed by atoms with van der Waals surface area (Å²) in [6, 6.07) is 7.56. The fourth-order valence-corrected chi connectivity index (χ4v) is 5.20. The van der Waals surface area contributed by atoms with Crippen LogP contribution in [0.25, 0.3) is 0 Å². The molecule has 1 amide bonds. The number of carbonyl (C=O) groups excluding carboxylic acids is 1. The predicted octanol–water partition coefficient (Wildman–Crippen LogP) is 5.53. The summed E-state index contributed by atoms with van der Waals surface area (Å²) < 4.78 is 1.88. The lowest BCUT2D eigenvalue weighted by molar-refractivity contribution is 0.0633. The molecule has 3 aromatic rings. The summed E-state index contributed by atoms with van der Waals surface area (Å²) >= 11 is 20.0. The molecule has 31 heavy (non-hydrogen) atoms. The smallest absolute Gasteiger partial charge is 0.264 e. The van der Waals surface area contributed by atoms with Gasteiger partial charge in [-0.25, -0.2) is 0 Å². The van der Waals surface area contributed by atoms with Gasteiger partial charge in [-0.15, -0.1) is 11.3 Å². The van der Waals surface area contributed by atoms with E-state index in [1.165, 1.54) is 11.3 Å². The molecule has 0 aliphatic carbocycles. The zero-order valence-electron chi connectivity index (χ0n) is 17.4. The molecule has 3 heterocycles. The van der Waals surface area contributed by atoms with Crippen molar-refractivity contribution in [1.82, 2.24) is 19.6 Å². The minimum absolute atomic E-state index is 0.0897. The van der Waals surface area contributed by atoms with Crippen molar-refractivity contribution in [1.29, 1.82) is 0 Å². The number of rotatable bonds is 5. The minimum Gasteiger partial charge on any atom is -0.335 e. The number of hydrogen-bond donors (Lipinski definition) is 0. The van der Waals surface area contributed by atoms with E-state index in [-0.39, 0.29) is 5.91 Å². The molecule has 0 unspecified atom stereocenters. The van der Waals surface area contributed by atoms with Crippen LogP contribution >= 0.6 is 46.1 Å². The van der Waals surface area contributed by atoms with Crippen LogP contribution in [0, 0.1) is 13.8 Å². The zero-order valence-corrected chi connectivity index (χ0v) is 20.5. The average molecular weight is 498 g/mol. The van der Waals surface area contributed by atoms with Gasteiger partial charge in [-0.05, 0) is 48.6 Å². The second-order valence-corrected chi connectivity index (χ2v) is 9.90. The Kier molecular flexibility index (Phi) is 6.94. The van der Waals surface area contributed by atoms with Gasteiger partial charge in [0.05, 0.1) is 27.8 Å². The molecule has 0 spiro atoms. The standard InChI is InChI=1S/C22H23Cl3N4OS/c1-14-21(25)15(2)29(26-14)11-16-9-20(31-13-16)22(30)28-7-5-27(6-8-28)12-17-3-4-18(23)10-19(17)24/h3-4,9-10,13H,5-8,11-12H2,1-2H3. The third-order valence-electron chi connectivity index (χ3n) is 5.56. The van der Waals surface area contributed by atoms with E-state index in [0.717, 1.165) is 47.0 Å². The van der Waals surface area contributed by atoms with Crippen molar-refractivity contribution in [3.05, 3.63) is 72.1 Å². The summed E-state index contributed by atoms with van der Waals surface area (Å²) in [5, 5.41) is 8.52. The van der Waals surface area contributed by atoms with E-state index in [0.29, 0.717) is 34.7 Å². The van der Waals surface area contributed by atoms with Crippen LogP contribution in [0.15, 0.2) is 29.6 Å². The van der Waals surface area contributed by atoms with Crippen LogP contribution < -0.4 is 0 Å². The molecule has 0 saturated carbocycles. The Labute approximate surface area is 201 Å². The van der Waals surface area contributed by atoms with E-state index in [4.69, 9.17) is 34.8 Å². The third kappa shape index (κ3) is 5.10. The van der Waals surface area contributed by atoms with Crippen molar-refractivity contribution in [3.63, 3.8) is 0 Å². The van der Waals surface area contributed by atoms with Crippen molar-refractivity contribution < 1.29 is 4.79 Å². The van der Waals surface area contributed by atoms with Crippen LogP contribution in [0.4, 0.5) is 0 Å². The summed E-state index contributed by atoms with van der Waals surface area (Å²) in [5.74, 6) is 0.0897. The number of hydrogen-bond acceptors (Lipinski definition) is 4. The summed E-state index contributed by atoms with van der Waals surface area (Å²) in [5.41, 5.74) is 3.88. The van der Waals surface area contributed by atoms with Crippen LogP contribution in [0.5, 0.6) is 0 Å². The number of benzene rings is 1. The molecule has 0 radical (unpaired) electrons. The van der Waals surface area contributed by atoms with E-state index >= 15 is 0 Å². The quantitative estimate of drug-likeness (QED) is 0.465. The molecule has 1 aliphatic rings. The van der Waals surface area contributed by atoms with Gasteiger partial charge in [0.1, 0.15) is 0 Å². The first-order valence-electron chi connectivity index (χ1n) is 10.0. The van der Waals surface area contributed by atoms with Crippen molar-refractivity contribution in [2.75, 3.05) is 26.2 Å². The Balaban J connectivity index is 1.34. The number of amides is 1. The highest BCUT2D eigenvalue weighted by Gasteiger charge is 2.24. The van der Waals surface area contributed by atoms with Crippen molar-refractivity contribution in [2.45, 2.75) is 26.9 Å². The van der Waals surface area contributed by atoms with Crippen LogP contribution in [0.2, 0.25) is 15.1 Å². The van der Waals surface area contributed by atoms with Gasteiger partial charge in [0, 0.05) is 42.8 Å². The Morgan fingerprint density at radius 3 is 2.45 bits per heavy atom. The minimum atomic E-state index is 0.0897. The number of nitrogens with zero attached hydrogens (tertiary/aromatic N) is 4. The lowest BCUT2D eigenvalue weighted by Gasteiger charge is -2.34. The highest BCUT2D eigenvalue weighted by Crippen LogP contribution is 2.24. The maximum atomic E-state index is 13.0. The SMILES string of the molecule is Cc1nn(Cc2csc(C(=O)N3CCN(Cc4ccc(Cl)cc4Cl)CC3)c2)c(C)c1Cl. The fourth-order valence-electron chi connectivity index (χ4n) is 3.73. The maximum Gasteiger partial charge on any atom is 0.264 e. The Morgan fingerprint density at radius 1 is 1.06 bits per heavy atom. The molecule has 1 fully saturated rings. The average Bonchev–Trinajstić information content (AvgIpc) is 3.31. The summed E-state index contributed by atoms with van der Waals surface area (Å²) in [7, 11) is 0.